The fraction of sp³-hybridized carbons (Fsp3) is 0.125. The predicted octanol–water partition coefficient (Wildman–Crippen LogP) is 2.47. The van der Waals surface area contributed by atoms with Crippen LogP contribution in [0.3, 0.4) is 0 Å². The van der Waals surface area contributed by atoms with E-state index in [1.807, 2.05) is 0 Å². The van der Waals surface area contributed by atoms with Crippen molar-refractivity contribution in [1.82, 2.24) is 5.32 Å². The summed E-state index contributed by atoms with van der Waals surface area (Å²) in [6, 6.07) is 6.91. The Labute approximate surface area is 130 Å². The van der Waals surface area contributed by atoms with Crippen LogP contribution in [0.5, 0.6) is 5.75 Å². The van der Waals surface area contributed by atoms with E-state index in [1.165, 1.54) is 13.2 Å². The number of carbonyl (C=O) groups excluding carboxylic acids is 2. The highest BCUT2D eigenvalue weighted by Gasteiger charge is 2.26. The van der Waals surface area contributed by atoms with Crippen molar-refractivity contribution in [1.29, 1.82) is 0 Å². The van der Waals surface area contributed by atoms with Gasteiger partial charge in [-0.3, -0.25) is 9.59 Å². The molecule has 0 bridgehead atoms. The van der Waals surface area contributed by atoms with Crippen LogP contribution in [0.25, 0.3) is 0 Å². The molecule has 0 aromatic heterocycles. The van der Waals surface area contributed by atoms with Crippen molar-refractivity contribution in [2.24, 2.45) is 0 Å². The van der Waals surface area contributed by atoms with Crippen LogP contribution in [-0.2, 0) is 6.54 Å². The minimum Gasteiger partial charge on any atom is -0.494 e. The number of fused-ring (bicyclic) bond motifs is 1. The summed E-state index contributed by atoms with van der Waals surface area (Å²) in [6.45, 7) is 0.347. The van der Waals surface area contributed by atoms with Gasteiger partial charge in [0.05, 0.1) is 18.4 Å². The molecule has 2 aromatic carbocycles. The summed E-state index contributed by atoms with van der Waals surface area (Å²) in [5.41, 5.74) is 0.438. The van der Waals surface area contributed by atoms with Crippen LogP contribution in [-0.4, -0.2) is 18.9 Å². The molecule has 1 heterocycles. The highest BCUT2D eigenvalue weighted by molar-refractivity contribution is 6.10. The number of rotatable bonds is 3. The largest absolute Gasteiger partial charge is 0.494 e. The van der Waals surface area contributed by atoms with Crippen LogP contribution < -0.4 is 15.4 Å². The Morgan fingerprint density at radius 2 is 2.04 bits per heavy atom. The summed E-state index contributed by atoms with van der Waals surface area (Å²) in [5, 5.41) is 5.01. The molecule has 0 atom stereocenters. The summed E-state index contributed by atoms with van der Waals surface area (Å²) in [4.78, 5) is 24.1. The average Bonchev–Trinajstić information content (AvgIpc) is 2.90. The van der Waals surface area contributed by atoms with Crippen molar-refractivity contribution in [3.05, 3.63) is 58.7 Å². The van der Waals surface area contributed by atoms with Gasteiger partial charge in [0.15, 0.2) is 11.6 Å². The second-order valence-electron chi connectivity index (χ2n) is 4.92. The van der Waals surface area contributed by atoms with Gasteiger partial charge < -0.3 is 15.4 Å². The zero-order valence-electron chi connectivity index (χ0n) is 12.1. The lowest BCUT2D eigenvalue weighted by Crippen LogP contribution is -2.19. The molecule has 0 spiro atoms. The molecule has 0 aliphatic carbocycles. The highest BCUT2D eigenvalue weighted by atomic mass is 19.1. The third-order valence-electron chi connectivity index (χ3n) is 3.57. The maximum atomic E-state index is 14.1. The number of halogens is 2. The molecule has 2 aromatic rings. The molecule has 0 unspecified atom stereocenters. The number of hydrogen-bond acceptors (Lipinski definition) is 3. The molecule has 1 aliphatic heterocycles. The first kappa shape index (κ1) is 15.0. The molecule has 1 aliphatic rings. The van der Waals surface area contributed by atoms with Gasteiger partial charge in [-0.25, -0.2) is 8.78 Å². The van der Waals surface area contributed by atoms with Gasteiger partial charge in [-0.15, -0.1) is 0 Å². The molecule has 118 valence electrons. The van der Waals surface area contributed by atoms with Crippen LogP contribution in [0.1, 0.15) is 26.3 Å². The lowest BCUT2D eigenvalue weighted by atomic mass is 10.1. The van der Waals surface area contributed by atoms with E-state index < -0.39 is 23.1 Å². The van der Waals surface area contributed by atoms with Gasteiger partial charge in [0.2, 0.25) is 0 Å². The lowest BCUT2D eigenvalue weighted by molar-refractivity contribution is 0.0966. The SMILES string of the molecule is COc1ccc(F)c(C(=O)Nc2cccc3c2C(=O)NC3)c1F. The van der Waals surface area contributed by atoms with Crippen LogP contribution in [0, 0.1) is 11.6 Å². The van der Waals surface area contributed by atoms with Gasteiger partial charge >= 0.3 is 0 Å². The zero-order valence-corrected chi connectivity index (χ0v) is 12.1. The molecule has 5 nitrogen and oxygen atoms in total. The number of nitrogens with one attached hydrogen (secondary N) is 2. The molecule has 23 heavy (non-hydrogen) atoms. The molecule has 0 radical (unpaired) electrons. The fourth-order valence-electron chi connectivity index (χ4n) is 2.47. The van der Waals surface area contributed by atoms with Crippen molar-refractivity contribution in [3.8, 4) is 5.75 Å². The second kappa shape index (κ2) is 5.68. The van der Waals surface area contributed by atoms with Gasteiger partial charge in [-0.2, -0.15) is 0 Å². The van der Waals surface area contributed by atoms with Crippen molar-refractivity contribution >= 4 is 17.5 Å². The van der Waals surface area contributed by atoms with E-state index in [2.05, 4.69) is 10.6 Å². The summed E-state index contributed by atoms with van der Waals surface area (Å²) in [5.74, 6) is -3.69. The Bertz CT molecular complexity index is 821. The van der Waals surface area contributed by atoms with Gasteiger partial charge in [0.1, 0.15) is 11.4 Å². The molecule has 2 amide bonds. The molecule has 0 fully saturated rings. The van der Waals surface area contributed by atoms with Gasteiger partial charge in [0.25, 0.3) is 11.8 Å². The molecule has 7 heteroatoms. The second-order valence-corrected chi connectivity index (χ2v) is 4.92. The Morgan fingerprint density at radius 3 is 2.78 bits per heavy atom. The fourth-order valence-corrected chi connectivity index (χ4v) is 2.47. The van der Waals surface area contributed by atoms with E-state index in [-0.39, 0.29) is 17.3 Å². The maximum Gasteiger partial charge on any atom is 0.261 e. The first-order valence-corrected chi connectivity index (χ1v) is 6.76. The molecule has 0 saturated carbocycles. The Balaban J connectivity index is 1.99. The minimum absolute atomic E-state index is 0.198. The first-order chi connectivity index (χ1) is 11.0. The third kappa shape index (κ3) is 2.50. The highest BCUT2D eigenvalue weighted by Crippen LogP contribution is 2.27. The van der Waals surface area contributed by atoms with Crippen LogP contribution in [0.15, 0.2) is 30.3 Å². The number of methoxy groups -OCH3 is 1. The van der Waals surface area contributed by atoms with E-state index in [9.17, 15) is 18.4 Å². The molecule has 2 N–H and O–H groups in total. The summed E-state index contributed by atoms with van der Waals surface area (Å²) >= 11 is 0. The molecular weight excluding hydrogens is 306 g/mol. The van der Waals surface area contributed by atoms with Crippen molar-refractivity contribution in [2.45, 2.75) is 6.54 Å². The predicted molar refractivity (Wildman–Crippen MR) is 78.5 cm³/mol. The van der Waals surface area contributed by atoms with E-state index in [4.69, 9.17) is 4.74 Å². The van der Waals surface area contributed by atoms with E-state index >= 15 is 0 Å². The zero-order chi connectivity index (χ0) is 16.6. The number of ether oxygens (including phenoxy) is 1. The molecular formula is C16H12F2N2O3. The van der Waals surface area contributed by atoms with Crippen molar-refractivity contribution in [3.63, 3.8) is 0 Å². The van der Waals surface area contributed by atoms with Crippen LogP contribution in [0.4, 0.5) is 14.5 Å². The summed E-state index contributed by atoms with van der Waals surface area (Å²) < 4.78 is 32.7. The molecule has 3 rings (SSSR count). The summed E-state index contributed by atoms with van der Waals surface area (Å²) in [7, 11) is 1.21. The van der Waals surface area contributed by atoms with Crippen molar-refractivity contribution in [2.75, 3.05) is 12.4 Å². The van der Waals surface area contributed by atoms with Gasteiger partial charge in [0, 0.05) is 6.54 Å². The lowest BCUT2D eigenvalue weighted by Gasteiger charge is -2.11. The van der Waals surface area contributed by atoms with E-state index in [0.29, 0.717) is 17.7 Å². The maximum absolute atomic E-state index is 14.1. The quantitative estimate of drug-likeness (QED) is 0.913. The normalized spacial score (nSPS) is 12.6. The average molecular weight is 318 g/mol. The minimum atomic E-state index is -1.10. The standard InChI is InChI=1S/C16H12F2N2O3/c1-23-11-6-5-9(17)13(14(11)18)16(22)20-10-4-2-3-8-7-19-15(21)12(8)10/h2-6H,7H2,1H3,(H,19,21)(H,20,22). The van der Waals surface area contributed by atoms with Crippen molar-refractivity contribution < 1.29 is 23.1 Å². The number of carbonyl (C=O) groups is 2. The Morgan fingerprint density at radius 1 is 1.26 bits per heavy atom. The van der Waals surface area contributed by atoms with Crippen LogP contribution in [0.2, 0.25) is 0 Å². The van der Waals surface area contributed by atoms with Gasteiger partial charge in [-0.05, 0) is 23.8 Å². The van der Waals surface area contributed by atoms with Crippen LogP contribution >= 0.6 is 0 Å². The number of hydrogen-bond donors (Lipinski definition) is 2. The van der Waals surface area contributed by atoms with Gasteiger partial charge in [-0.1, -0.05) is 12.1 Å². The number of benzene rings is 2. The molecule has 0 saturated heterocycles. The monoisotopic (exact) mass is 318 g/mol. The summed E-state index contributed by atoms with van der Waals surface area (Å²) in [6.07, 6.45) is 0. The smallest absolute Gasteiger partial charge is 0.261 e. The van der Waals surface area contributed by atoms with E-state index in [1.54, 1.807) is 12.1 Å². The first-order valence-electron chi connectivity index (χ1n) is 6.76. The third-order valence-corrected chi connectivity index (χ3v) is 3.57. The topological polar surface area (TPSA) is 67.4 Å². The number of amides is 2. The Hall–Kier alpha value is -2.96. The number of anilines is 1. The Kier molecular flexibility index (Phi) is 3.69. The van der Waals surface area contributed by atoms with E-state index in [0.717, 1.165) is 12.1 Å².